The van der Waals surface area contributed by atoms with Gasteiger partial charge in [0, 0.05) is 18.3 Å². The highest BCUT2D eigenvalue weighted by atomic mass is 32.2. The normalized spacial score (nSPS) is 14.4. The van der Waals surface area contributed by atoms with Crippen molar-refractivity contribution in [1.29, 1.82) is 0 Å². The zero-order valence-electron chi connectivity index (χ0n) is 13.3. The van der Waals surface area contributed by atoms with E-state index in [1.165, 1.54) is 4.31 Å². The quantitative estimate of drug-likeness (QED) is 0.782. The van der Waals surface area contributed by atoms with E-state index in [4.69, 9.17) is 5.73 Å². The number of sulfonamides is 1. The fourth-order valence-electron chi connectivity index (χ4n) is 2.93. The monoisotopic (exact) mass is 352 g/mol. The largest absolute Gasteiger partial charge is 0.368 e. The average Bonchev–Trinajstić information content (AvgIpc) is 3.06. The van der Waals surface area contributed by atoms with Gasteiger partial charge in [-0.1, -0.05) is 42.5 Å². The lowest BCUT2D eigenvalue weighted by Gasteiger charge is -2.16. The summed E-state index contributed by atoms with van der Waals surface area (Å²) in [5.41, 5.74) is 8.88. The molecule has 2 N–H and O–H groups in total. The summed E-state index contributed by atoms with van der Waals surface area (Å²) >= 11 is 0. The highest BCUT2D eigenvalue weighted by Gasteiger charge is 2.32. The molecule has 3 aromatic rings. The van der Waals surface area contributed by atoms with E-state index >= 15 is 0 Å². The number of nitrogens with zero attached hydrogens (tertiary/aromatic N) is 3. The molecule has 25 heavy (non-hydrogen) atoms. The molecular weight excluding hydrogens is 336 g/mol. The Kier molecular flexibility index (Phi) is 3.74. The van der Waals surface area contributed by atoms with Crippen molar-refractivity contribution in [2.45, 2.75) is 18.0 Å². The van der Waals surface area contributed by atoms with Crippen molar-refractivity contribution in [3.05, 3.63) is 72.1 Å². The van der Waals surface area contributed by atoms with Crippen LogP contribution in [-0.4, -0.2) is 22.7 Å². The van der Waals surface area contributed by atoms with Gasteiger partial charge in [0.2, 0.25) is 16.0 Å². The van der Waals surface area contributed by atoms with Gasteiger partial charge in [0.1, 0.15) is 0 Å². The summed E-state index contributed by atoms with van der Waals surface area (Å²) in [6, 6.07) is 16.7. The molecule has 0 unspecified atom stereocenters. The van der Waals surface area contributed by atoms with Crippen molar-refractivity contribution in [1.82, 2.24) is 14.3 Å². The van der Waals surface area contributed by atoms with Crippen molar-refractivity contribution in [3.63, 3.8) is 0 Å². The first-order valence-corrected chi connectivity index (χ1v) is 9.24. The van der Waals surface area contributed by atoms with Crippen molar-refractivity contribution in [2.75, 3.05) is 5.73 Å². The zero-order chi connectivity index (χ0) is 17.4. The zero-order valence-corrected chi connectivity index (χ0v) is 14.1. The van der Waals surface area contributed by atoms with E-state index in [1.54, 1.807) is 24.4 Å². The van der Waals surface area contributed by atoms with Crippen molar-refractivity contribution >= 4 is 16.0 Å². The molecule has 0 atom stereocenters. The SMILES string of the molecule is Nc1ncc2c(n1)CN(S(=O)(=O)c1cccc(-c3ccccc3)c1)C2. The third-order valence-electron chi connectivity index (χ3n) is 4.22. The van der Waals surface area contributed by atoms with Gasteiger partial charge in [0.25, 0.3) is 0 Å². The molecule has 6 nitrogen and oxygen atoms in total. The van der Waals surface area contributed by atoms with E-state index in [1.807, 2.05) is 36.4 Å². The topological polar surface area (TPSA) is 89.2 Å². The molecule has 2 heterocycles. The Bertz CT molecular complexity index is 1040. The molecule has 0 radical (unpaired) electrons. The van der Waals surface area contributed by atoms with Crippen LogP contribution >= 0.6 is 0 Å². The molecule has 1 aliphatic heterocycles. The first-order chi connectivity index (χ1) is 12.0. The molecule has 1 aliphatic rings. The van der Waals surface area contributed by atoms with Gasteiger partial charge in [0.05, 0.1) is 17.1 Å². The van der Waals surface area contributed by atoms with E-state index in [9.17, 15) is 8.42 Å². The lowest BCUT2D eigenvalue weighted by atomic mass is 10.1. The molecule has 7 heteroatoms. The van der Waals surface area contributed by atoms with E-state index in [-0.39, 0.29) is 23.9 Å². The molecule has 126 valence electrons. The second kappa shape index (κ2) is 5.94. The Morgan fingerprint density at radius 1 is 0.960 bits per heavy atom. The van der Waals surface area contributed by atoms with Gasteiger partial charge in [-0.25, -0.2) is 18.4 Å². The van der Waals surface area contributed by atoms with Crippen LogP contribution < -0.4 is 5.73 Å². The Labute approximate surface area is 146 Å². The predicted octanol–water partition coefficient (Wildman–Crippen LogP) is 2.43. The Morgan fingerprint density at radius 3 is 2.52 bits per heavy atom. The number of anilines is 1. The first-order valence-electron chi connectivity index (χ1n) is 7.80. The lowest BCUT2D eigenvalue weighted by Crippen LogP contribution is -2.25. The van der Waals surface area contributed by atoms with E-state index in [0.717, 1.165) is 16.7 Å². The molecule has 0 bridgehead atoms. The van der Waals surface area contributed by atoms with E-state index < -0.39 is 10.0 Å². The minimum absolute atomic E-state index is 0.157. The molecule has 2 aromatic carbocycles. The number of nitrogen functional groups attached to an aromatic ring is 1. The van der Waals surface area contributed by atoms with Gasteiger partial charge in [0.15, 0.2) is 0 Å². The van der Waals surface area contributed by atoms with Gasteiger partial charge < -0.3 is 5.73 Å². The second-order valence-corrected chi connectivity index (χ2v) is 7.81. The van der Waals surface area contributed by atoms with Crippen LogP contribution in [0.4, 0.5) is 5.95 Å². The number of hydrogen-bond acceptors (Lipinski definition) is 5. The fraction of sp³-hybridized carbons (Fsp3) is 0.111. The number of benzene rings is 2. The van der Waals surface area contributed by atoms with Gasteiger partial charge in [-0.2, -0.15) is 4.31 Å². The number of hydrogen-bond donors (Lipinski definition) is 1. The van der Waals surface area contributed by atoms with Crippen molar-refractivity contribution in [3.8, 4) is 11.1 Å². The third-order valence-corrected chi connectivity index (χ3v) is 6.01. The van der Waals surface area contributed by atoms with E-state index in [0.29, 0.717) is 5.69 Å². The van der Waals surface area contributed by atoms with Gasteiger partial charge in [-0.15, -0.1) is 0 Å². The van der Waals surface area contributed by atoms with Crippen LogP contribution in [0.5, 0.6) is 0 Å². The molecule has 1 aromatic heterocycles. The minimum Gasteiger partial charge on any atom is -0.368 e. The molecule has 0 spiro atoms. The van der Waals surface area contributed by atoms with Crippen LogP contribution in [0.1, 0.15) is 11.3 Å². The Morgan fingerprint density at radius 2 is 1.72 bits per heavy atom. The molecular formula is C18H16N4O2S. The van der Waals surface area contributed by atoms with Gasteiger partial charge >= 0.3 is 0 Å². The maximum atomic E-state index is 13.0. The van der Waals surface area contributed by atoms with Crippen LogP contribution in [0.25, 0.3) is 11.1 Å². The van der Waals surface area contributed by atoms with Crippen molar-refractivity contribution < 1.29 is 8.42 Å². The standard InChI is InChI=1S/C18H16N4O2S/c19-18-20-10-15-11-22(12-17(15)21-18)25(23,24)16-8-4-7-14(9-16)13-5-2-1-3-6-13/h1-10H,11-12H2,(H2,19,20,21). The van der Waals surface area contributed by atoms with Crippen LogP contribution in [0, 0.1) is 0 Å². The van der Waals surface area contributed by atoms with Crippen LogP contribution in [0.15, 0.2) is 65.7 Å². The average molecular weight is 352 g/mol. The molecule has 0 saturated heterocycles. The van der Waals surface area contributed by atoms with Crippen LogP contribution in [0.2, 0.25) is 0 Å². The van der Waals surface area contributed by atoms with E-state index in [2.05, 4.69) is 9.97 Å². The predicted molar refractivity (Wildman–Crippen MR) is 94.8 cm³/mol. The maximum absolute atomic E-state index is 13.0. The molecule has 0 aliphatic carbocycles. The number of fused-ring (bicyclic) bond motifs is 1. The fourth-order valence-corrected chi connectivity index (χ4v) is 4.35. The Hall–Kier alpha value is -2.77. The van der Waals surface area contributed by atoms with Gasteiger partial charge in [-0.05, 0) is 23.3 Å². The molecule has 0 amide bonds. The third kappa shape index (κ3) is 2.88. The van der Waals surface area contributed by atoms with Crippen molar-refractivity contribution in [2.24, 2.45) is 0 Å². The molecule has 4 rings (SSSR count). The highest BCUT2D eigenvalue weighted by Crippen LogP contribution is 2.29. The van der Waals surface area contributed by atoms with Gasteiger partial charge in [-0.3, -0.25) is 0 Å². The lowest BCUT2D eigenvalue weighted by molar-refractivity contribution is 0.430. The summed E-state index contributed by atoms with van der Waals surface area (Å²) in [5.74, 6) is 0.157. The summed E-state index contributed by atoms with van der Waals surface area (Å²) in [5, 5.41) is 0. The highest BCUT2D eigenvalue weighted by molar-refractivity contribution is 7.89. The van der Waals surface area contributed by atoms with Crippen LogP contribution in [-0.2, 0) is 23.1 Å². The van der Waals surface area contributed by atoms with Crippen LogP contribution in [0.3, 0.4) is 0 Å². The summed E-state index contributed by atoms with van der Waals surface area (Å²) in [6.07, 6.45) is 1.59. The second-order valence-electron chi connectivity index (χ2n) is 5.87. The number of aromatic nitrogens is 2. The smallest absolute Gasteiger partial charge is 0.243 e. The summed E-state index contributed by atoms with van der Waals surface area (Å²) in [6.45, 7) is 0.466. The Balaban J connectivity index is 1.68. The maximum Gasteiger partial charge on any atom is 0.243 e. The first kappa shape index (κ1) is 15.7. The summed E-state index contributed by atoms with van der Waals surface area (Å²) < 4.78 is 27.4. The summed E-state index contributed by atoms with van der Waals surface area (Å²) in [4.78, 5) is 8.34. The number of rotatable bonds is 3. The number of nitrogens with two attached hydrogens (primary N) is 1. The molecule has 0 fully saturated rings. The summed E-state index contributed by atoms with van der Waals surface area (Å²) in [7, 11) is -3.62. The minimum atomic E-state index is -3.62. The molecule has 0 saturated carbocycles.